The Morgan fingerprint density at radius 3 is 2.34 bits per heavy atom. The summed E-state index contributed by atoms with van der Waals surface area (Å²) in [5.41, 5.74) is 1.09. The van der Waals surface area contributed by atoms with Crippen molar-refractivity contribution in [3.05, 3.63) is 94.5 Å². The Balaban J connectivity index is 1.54. The Bertz CT molecular complexity index is 1730. The van der Waals surface area contributed by atoms with E-state index in [9.17, 15) is 14.4 Å². The van der Waals surface area contributed by atoms with Gasteiger partial charge < -0.3 is 4.74 Å². The fourth-order valence-corrected chi connectivity index (χ4v) is 6.78. The molecule has 8 nitrogen and oxygen atoms in total. The zero-order valence-electron chi connectivity index (χ0n) is 21.2. The second kappa shape index (κ2) is 7.85. The van der Waals surface area contributed by atoms with Gasteiger partial charge in [0.05, 0.1) is 41.2 Å². The molecule has 7 rings (SSSR count). The minimum absolute atomic E-state index is 0.0321. The van der Waals surface area contributed by atoms with Crippen molar-refractivity contribution in [1.82, 2.24) is 14.9 Å². The molecule has 8 heteroatoms. The highest BCUT2D eigenvalue weighted by Gasteiger charge is 2.70. The van der Waals surface area contributed by atoms with E-state index in [0.29, 0.717) is 33.9 Å². The molecule has 0 radical (unpaired) electrons. The molecule has 3 aliphatic rings. The van der Waals surface area contributed by atoms with Crippen LogP contribution in [0.3, 0.4) is 0 Å². The van der Waals surface area contributed by atoms with Crippen LogP contribution < -0.4 is 20.5 Å². The van der Waals surface area contributed by atoms with Crippen LogP contribution >= 0.6 is 0 Å². The van der Waals surface area contributed by atoms with Crippen molar-refractivity contribution in [2.75, 3.05) is 12.0 Å². The fraction of sp³-hybridized carbons (Fsp3) is 0.267. The van der Waals surface area contributed by atoms with E-state index >= 15 is 0 Å². The van der Waals surface area contributed by atoms with Crippen LogP contribution in [0.15, 0.2) is 77.6 Å². The maximum Gasteiger partial charge on any atom is 0.266 e. The SMILES string of the molecule is COc1ccccc1N1C(=O)[C@H]2[C@@H](C(C)C)N[C@@]3(c4ccccc4-n4c3nc3ccccc3c4=O)[C@H]2C1=O. The Morgan fingerprint density at radius 2 is 1.58 bits per heavy atom. The van der Waals surface area contributed by atoms with E-state index in [1.165, 1.54) is 12.0 Å². The number of nitrogens with one attached hydrogen (secondary N) is 1. The topological polar surface area (TPSA) is 93.5 Å². The Hall–Kier alpha value is -4.30. The van der Waals surface area contributed by atoms with Crippen molar-refractivity contribution in [3.8, 4) is 11.4 Å². The normalized spacial score (nSPS) is 25.4. The van der Waals surface area contributed by atoms with Crippen LogP contribution in [-0.4, -0.2) is 34.5 Å². The number of aromatic nitrogens is 2. The van der Waals surface area contributed by atoms with Gasteiger partial charge in [0, 0.05) is 11.6 Å². The fourth-order valence-electron chi connectivity index (χ4n) is 6.78. The number of carbonyl (C=O) groups excluding carboxylic acids is 2. The lowest BCUT2D eigenvalue weighted by molar-refractivity contribution is -0.123. The van der Waals surface area contributed by atoms with Crippen LogP contribution in [0.4, 0.5) is 5.69 Å². The van der Waals surface area contributed by atoms with Gasteiger partial charge in [0.1, 0.15) is 17.1 Å². The first-order valence-electron chi connectivity index (χ1n) is 12.8. The largest absolute Gasteiger partial charge is 0.495 e. The van der Waals surface area contributed by atoms with Crippen LogP contribution in [-0.2, 0) is 15.1 Å². The Kier molecular flexibility index (Phi) is 4.72. The molecule has 4 heterocycles. The summed E-state index contributed by atoms with van der Waals surface area (Å²) in [5, 5.41) is 4.21. The van der Waals surface area contributed by atoms with Crippen molar-refractivity contribution in [1.29, 1.82) is 0 Å². The number of amides is 2. The van der Waals surface area contributed by atoms with Crippen molar-refractivity contribution in [3.63, 3.8) is 0 Å². The number of methoxy groups -OCH3 is 1. The number of benzene rings is 3. The van der Waals surface area contributed by atoms with E-state index in [0.717, 1.165) is 5.56 Å². The molecule has 2 saturated heterocycles. The number of ether oxygens (including phenoxy) is 1. The van der Waals surface area contributed by atoms with Crippen molar-refractivity contribution >= 4 is 28.4 Å². The summed E-state index contributed by atoms with van der Waals surface area (Å²) in [4.78, 5) is 48.7. The maximum atomic E-state index is 14.5. The van der Waals surface area contributed by atoms with Gasteiger partial charge in [-0.25, -0.2) is 9.88 Å². The highest BCUT2D eigenvalue weighted by Crippen LogP contribution is 2.56. The molecule has 1 aromatic heterocycles. The third-order valence-corrected chi connectivity index (χ3v) is 8.34. The van der Waals surface area contributed by atoms with Crippen LogP contribution in [0.25, 0.3) is 16.6 Å². The number of hydrogen-bond donors (Lipinski definition) is 1. The molecule has 1 spiro atoms. The number of fused-ring (bicyclic) bond motifs is 8. The van der Waals surface area contributed by atoms with Gasteiger partial charge in [0.25, 0.3) is 5.56 Å². The molecule has 4 atom stereocenters. The summed E-state index contributed by atoms with van der Waals surface area (Å²) in [6.07, 6.45) is 0. The van der Waals surface area contributed by atoms with Gasteiger partial charge in [-0.1, -0.05) is 56.3 Å². The summed E-state index contributed by atoms with van der Waals surface area (Å²) in [7, 11) is 1.52. The van der Waals surface area contributed by atoms with Crippen LogP contribution in [0.5, 0.6) is 5.75 Å². The first-order chi connectivity index (χ1) is 18.4. The molecular formula is C30H26N4O4. The first-order valence-corrected chi connectivity index (χ1v) is 12.8. The molecule has 4 aromatic rings. The van der Waals surface area contributed by atoms with Gasteiger partial charge in [-0.3, -0.25) is 24.3 Å². The van der Waals surface area contributed by atoms with Gasteiger partial charge in [0.15, 0.2) is 0 Å². The Labute approximate surface area is 218 Å². The second-order valence-electron chi connectivity index (χ2n) is 10.5. The monoisotopic (exact) mass is 506 g/mol. The van der Waals surface area contributed by atoms with E-state index in [-0.39, 0.29) is 29.3 Å². The summed E-state index contributed by atoms with van der Waals surface area (Å²) in [6, 6.07) is 21.6. The van der Waals surface area contributed by atoms with Crippen LogP contribution in [0.1, 0.15) is 25.2 Å². The van der Waals surface area contributed by atoms with Gasteiger partial charge in [-0.05, 0) is 36.2 Å². The first kappa shape index (κ1) is 22.9. The molecule has 38 heavy (non-hydrogen) atoms. The lowest BCUT2D eigenvalue weighted by Crippen LogP contribution is -2.51. The predicted octanol–water partition coefficient (Wildman–Crippen LogP) is 3.38. The minimum Gasteiger partial charge on any atom is -0.495 e. The molecule has 2 fully saturated rings. The molecule has 3 aliphatic heterocycles. The molecular weight excluding hydrogens is 480 g/mol. The predicted molar refractivity (Wildman–Crippen MR) is 142 cm³/mol. The summed E-state index contributed by atoms with van der Waals surface area (Å²) < 4.78 is 7.14. The van der Waals surface area contributed by atoms with E-state index in [2.05, 4.69) is 5.32 Å². The van der Waals surface area contributed by atoms with Crippen molar-refractivity contribution in [2.24, 2.45) is 17.8 Å². The summed E-state index contributed by atoms with van der Waals surface area (Å²) in [5.74, 6) is -1.11. The molecule has 0 aliphatic carbocycles. The number of para-hydroxylation sites is 4. The minimum atomic E-state index is -1.15. The van der Waals surface area contributed by atoms with Gasteiger partial charge in [0.2, 0.25) is 11.8 Å². The average Bonchev–Trinajstić information content (AvgIpc) is 3.52. The van der Waals surface area contributed by atoms with E-state index in [4.69, 9.17) is 9.72 Å². The second-order valence-corrected chi connectivity index (χ2v) is 10.5. The quantitative estimate of drug-likeness (QED) is 0.428. The van der Waals surface area contributed by atoms with Crippen LogP contribution in [0.2, 0.25) is 0 Å². The summed E-state index contributed by atoms with van der Waals surface area (Å²) >= 11 is 0. The molecule has 0 saturated carbocycles. The van der Waals surface area contributed by atoms with Crippen molar-refractivity contribution < 1.29 is 14.3 Å². The standard InChI is InChI=1S/C30H26N4O4/c1-16(2)25-23-24(28(37)33(27(23)36)21-14-8-9-15-22(21)38-3)30(32-25)18-11-5-7-13-20(18)34-26(35)17-10-4-6-12-19(17)31-29(30)34/h4-16,23-25,32H,1-3H3/t23-,24-,25-,30+/m1/s1. The highest BCUT2D eigenvalue weighted by molar-refractivity contribution is 6.24. The van der Waals surface area contributed by atoms with E-state index in [1.807, 2.05) is 56.3 Å². The summed E-state index contributed by atoms with van der Waals surface area (Å²) in [6.45, 7) is 4.08. The lowest BCUT2D eigenvalue weighted by Gasteiger charge is -2.32. The number of carbonyl (C=O) groups is 2. The number of nitrogens with zero attached hydrogens (tertiary/aromatic N) is 3. The number of hydrogen-bond acceptors (Lipinski definition) is 6. The molecule has 1 N–H and O–H groups in total. The number of rotatable bonds is 3. The zero-order valence-corrected chi connectivity index (χ0v) is 21.2. The smallest absolute Gasteiger partial charge is 0.266 e. The van der Waals surface area contributed by atoms with E-state index < -0.39 is 17.4 Å². The third-order valence-electron chi connectivity index (χ3n) is 8.34. The average molecular weight is 507 g/mol. The van der Waals surface area contributed by atoms with Gasteiger partial charge >= 0.3 is 0 Å². The molecule has 0 unspecified atom stereocenters. The number of anilines is 1. The van der Waals surface area contributed by atoms with Gasteiger partial charge in [-0.2, -0.15) is 0 Å². The van der Waals surface area contributed by atoms with Crippen molar-refractivity contribution in [2.45, 2.75) is 25.4 Å². The third kappa shape index (κ3) is 2.67. The Morgan fingerprint density at radius 1 is 0.895 bits per heavy atom. The highest BCUT2D eigenvalue weighted by atomic mass is 16.5. The molecule has 0 bridgehead atoms. The zero-order chi connectivity index (χ0) is 26.3. The number of imide groups is 1. The van der Waals surface area contributed by atoms with Crippen LogP contribution in [0, 0.1) is 17.8 Å². The van der Waals surface area contributed by atoms with E-state index in [1.54, 1.807) is 34.9 Å². The molecule has 3 aromatic carbocycles. The lowest BCUT2D eigenvalue weighted by atomic mass is 9.75. The molecule has 190 valence electrons. The molecule has 2 amide bonds. The maximum absolute atomic E-state index is 14.5. The van der Waals surface area contributed by atoms with Gasteiger partial charge in [-0.15, -0.1) is 0 Å².